The Morgan fingerprint density at radius 3 is 2.94 bits per heavy atom. The van der Waals surface area contributed by atoms with Gasteiger partial charge >= 0.3 is 5.97 Å². The number of rotatable bonds is 4. The second kappa shape index (κ2) is 5.77. The molecule has 0 aromatic carbocycles. The lowest BCUT2D eigenvalue weighted by atomic mass is 9.95. The highest BCUT2D eigenvalue weighted by Gasteiger charge is 2.25. The molecule has 2 unspecified atom stereocenters. The van der Waals surface area contributed by atoms with Gasteiger partial charge in [0.25, 0.3) is 0 Å². The maximum absolute atomic E-state index is 11.0. The van der Waals surface area contributed by atoms with E-state index in [0.717, 1.165) is 25.7 Å². The van der Waals surface area contributed by atoms with Crippen LogP contribution in [0.25, 0.3) is 0 Å². The van der Waals surface area contributed by atoms with Crippen LogP contribution in [0.1, 0.15) is 36.0 Å². The van der Waals surface area contributed by atoms with Crippen LogP contribution in [0.3, 0.4) is 0 Å². The Balaban J connectivity index is 2.07. The Bertz CT molecular complexity index is 424. The Hall–Kier alpha value is -1.69. The van der Waals surface area contributed by atoms with Gasteiger partial charge in [0.05, 0.1) is 6.10 Å². The average molecular weight is 252 g/mol. The highest BCUT2D eigenvalue weighted by atomic mass is 16.5. The lowest BCUT2D eigenvalue weighted by Crippen LogP contribution is -2.30. The van der Waals surface area contributed by atoms with Crippen LogP contribution in [0, 0.1) is 0 Å². The van der Waals surface area contributed by atoms with Crippen LogP contribution in [0.2, 0.25) is 0 Å². The summed E-state index contributed by atoms with van der Waals surface area (Å²) in [5, 5.41) is 9.01. The van der Waals surface area contributed by atoms with E-state index in [1.54, 1.807) is 7.11 Å². The molecule has 1 heterocycles. The minimum Gasteiger partial charge on any atom is -0.477 e. The van der Waals surface area contributed by atoms with E-state index in [1.165, 1.54) is 12.5 Å². The highest BCUT2D eigenvalue weighted by molar-refractivity contribution is 5.89. The molecule has 98 valence electrons. The van der Waals surface area contributed by atoms with Crippen molar-refractivity contribution in [1.82, 2.24) is 9.97 Å². The summed E-state index contributed by atoms with van der Waals surface area (Å²) < 4.78 is 11.0. The Kier molecular flexibility index (Phi) is 4.09. The first-order chi connectivity index (χ1) is 8.70. The van der Waals surface area contributed by atoms with Crippen molar-refractivity contribution in [1.29, 1.82) is 0 Å². The third-order valence-corrected chi connectivity index (χ3v) is 3.10. The summed E-state index contributed by atoms with van der Waals surface area (Å²) in [6.07, 6.45) is 6.36. The van der Waals surface area contributed by atoms with E-state index in [9.17, 15) is 4.79 Å². The van der Waals surface area contributed by atoms with Crippen molar-refractivity contribution >= 4 is 5.97 Å². The van der Waals surface area contributed by atoms with Crippen molar-refractivity contribution in [2.75, 3.05) is 7.11 Å². The molecule has 1 fully saturated rings. The topological polar surface area (TPSA) is 81.5 Å². The molecule has 2 atom stereocenters. The number of carboxylic acids is 1. The zero-order chi connectivity index (χ0) is 13.0. The van der Waals surface area contributed by atoms with Crippen LogP contribution in [0.15, 0.2) is 12.5 Å². The molecule has 0 bridgehead atoms. The summed E-state index contributed by atoms with van der Waals surface area (Å²) in [4.78, 5) is 18.6. The van der Waals surface area contributed by atoms with Crippen LogP contribution in [0.5, 0.6) is 5.88 Å². The summed E-state index contributed by atoms with van der Waals surface area (Å²) in [5.74, 6) is -0.941. The normalized spacial score (nSPS) is 23.6. The number of aromatic carboxylic acids is 1. The molecule has 18 heavy (non-hydrogen) atoms. The average Bonchev–Trinajstić information content (AvgIpc) is 2.39. The molecule has 1 N–H and O–H groups in total. The SMILES string of the molecule is COC1CCCC(Oc2ncncc2C(=O)O)C1. The second-order valence-electron chi connectivity index (χ2n) is 4.31. The molecular formula is C12H16N2O4. The molecule has 1 aromatic rings. The molecule has 0 radical (unpaired) electrons. The molecule has 0 aliphatic heterocycles. The molecule has 0 amide bonds. The molecule has 2 rings (SSSR count). The van der Waals surface area contributed by atoms with Gasteiger partial charge in [-0.1, -0.05) is 0 Å². The van der Waals surface area contributed by atoms with Gasteiger partial charge in [0.2, 0.25) is 5.88 Å². The Morgan fingerprint density at radius 1 is 1.44 bits per heavy atom. The van der Waals surface area contributed by atoms with Crippen LogP contribution >= 0.6 is 0 Å². The van der Waals surface area contributed by atoms with E-state index in [-0.39, 0.29) is 23.7 Å². The number of ether oxygens (including phenoxy) is 2. The minimum absolute atomic E-state index is 0.00274. The van der Waals surface area contributed by atoms with Crippen molar-refractivity contribution in [2.45, 2.75) is 37.9 Å². The van der Waals surface area contributed by atoms with E-state index in [1.807, 2.05) is 0 Å². The molecule has 6 heteroatoms. The van der Waals surface area contributed by atoms with Gasteiger partial charge in [-0.3, -0.25) is 0 Å². The maximum atomic E-state index is 11.0. The van der Waals surface area contributed by atoms with Gasteiger partial charge in [-0.2, -0.15) is 0 Å². The van der Waals surface area contributed by atoms with E-state index in [2.05, 4.69) is 9.97 Å². The van der Waals surface area contributed by atoms with Crippen LogP contribution in [-0.4, -0.2) is 40.4 Å². The lowest BCUT2D eigenvalue weighted by Gasteiger charge is -2.28. The summed E-state index contributed by atoms with van der Waals surface area (Å²) in [6.45, 7) is 0. The van der Waals surface area contributed by atoms with E-state index in [0.29, 0.717) is 0 Å². The predicted molar refractivity (Wildman–Crippen MR) is 62.7 cm³/mol. The van der Waals surface area contributed by atoms with Crippen LogP contribution < -0.4 is 4.74 Å². The predicted octanol–water partition coefficient (Wildman–Crippen LogP) is 1.51. The van der Waals surface area contributed by atoms with E-state index in [4.69, 9.17) is 14.6 Å². The summed E-state index contributed by atoms with van der Waals surface area (Å²) >= 11 is 0. The molecule has 0 saturated heterocycles. The fraction of sp³-hybridized carbons (Fsp3) is 0.583. The lowest BCUT2D eigenvalue weighted by molar-refractivity contribution is 0.0189. The minimum atomic E-state index is -1.08. The zero-order valence-electron chi connectivity index (χ0n) is 10.2. The number of methoxy groups -OCH3 is 1. The molecule has 1 aliphatic carbocycles. The first-order valence-corrected chi connectivity index (χ1v) is 5.93. The number of hydrogen-bond acceptors (Lipinski definition) is 5. The Labute approximate surface area is 105 Å². The molecule has 6 nitrogen and oxygen atoms in total. The van der Waals surface area contributed by atoms with Gasteiger partial charge in [0.1, 0.15) is 18.0 Å². The highest BCUT2D eigenvalue weighted by Crippen LogP contribution is 2.25. The first kappa shape index (κ1) is 12.8. The van der Waals surface area contributed by atoms with Gasteiger partial charge in [-0.05, 0) is 19.3 Å². The fourth-order valence-electron chi connectivity index (χ4n) is 2.14. The third-order valence-electron chi connectivity index (χ3n) is 3.10. The number of hydrogen-bond donors (Lipinski definition) is 1. The molecule has 1 saturated carbocycles. The number of aromatic nitrogens is 2. The second-order valence-corrected chi connectivity index (χ2v) is 4.31. The third kappa shape index (κ3) is 2.95. The monoisotopic (exact) mass is 252 g/mol. The van der Waals surface area contributed by atoms with Crippen molar-refractivity contribution in [3.05, 3.63) is 18.1 Å². The van der Waals surface area contributed by atoms with Gasteiger partial charge in [-0.25, -0.2) is 14.8 Å². The maximum Gasteiger partial charge on any atom is 0.342 e. The summed E-state index contributed by atoms with van der Waals surface area (Å²) in [7, 11) is 1.68. The van der Waals surface area contributed by atoms with Gasteiger partial charge in [0.15, 0.2) is 0 Å². The quantitative estimate of drug-likeness (QED) is 0.874. The molecule has 0 spiro atoms. The molecule has 1 aromatic heterocycles. The van der Waals surface area contributed by atoms with Gasteiger partial charge in [-0.15, -0.1) is 0 Å². The first-order valence-electron chi connectivity index (χ1n) is 5.93. The van der Waals surface area contributed by atoms with E-state index >= 15 is 0 Å². The summed E-state index contributed by atoms with van der Waals surface area (Å²) in [6, 6.07) is 0. The van der Waals surface area contributed by atoms with Crippen molar-refractivity contribution in [3.63, 3.8) is 0 Å². The largest absolute Gasteiger partial charge is 0.477 e. The summed E-state index contributed by atoms with van der Waals surface area (Å²) in [5.41, 5.74) is -0.00274. The smallest absolute Gasteiger partial charge is 0.342 e. The van der Waals surface area contributed by atoms with Crippen molar-refractivity contribution in [3.8, 4) is 5.88 Å². The van der Waals surface area contributed by atoms with Crippen LogP contribution in [-0.2, 0) is 4.74 Å². The van der Waals surface area contributed by atoms with Gasteiger partial charge < -0.3 is 14.6 Å². The zero-order valence-corrected chi connectivity index (χ0v) is 10.2. The Morgan fingerprint density at radius 2 is 2.22 bits per heavy atom. The molecule has 1 aliphatic rings. The van der Waals surface area contributed by atoms with Crippen molar-refractivity contribution in [2.24, 2.45) is 0 Å². The number of carboxylic acid groups (broad SMARTS) is 1. The number of nitrogens with zero attached hydrogens (tertiary/aromatic N) is 2. The van der Waals surface area contributed by atoms with Crippen molar-refractivity contribution < 1.29 is 19.4 Å². The van der Waals surface area contributed by atoms with Crippen LogP contribution in [0.4, 0.5) is 0 Å². The van der Waals surface area contributed by atoms with E-state index < -0.39 is 5.97 Å². The standard InChI is InChI=1S/C12H16N2O4/c1-17-8-3-2-4-9(5-8)18-11-10(12(15)16)6-13-7-14-11/h6-9H,2-5H2,1H3,(H,15,16). The fourth-order valence-corrected chi connectivity index (χ4v) is 2.14. The van der Waals surface area contributed by atoms with Gasteiger partial charge in [0, 0.05) is 19.7 Å². The number of carbonyl (C=O) groups is 1. The molecular weight excluding hydrogens is 236 g/mol.